The summed E-state index contributed by atoms with van der Waals surface area (Å²) in [4.78, 5) is 20.2. The lowest BCUT2D eigenvalue weighted by Gasteiger charge is -2.32. The van der Waals surface area contributed by atoms with Crippen LogP contribution in [0.4, 0.5) is 34.5 Å². The van der Waals surface area contributed by atoms with Crippen LogP contribution in [0, 0.1) is 0 Å². The second-order valence-corrected chi connectivity index (χ2v) is 11.8. The van der Waals surface area contributed by atoms with Gasteiger partial charge in [0, 0.05) is 62.1 Å². The first-order valence-corrected chi connectivity index (χ1v) is 14.9. The number of nitrogens with zero attached hydrogens (tertiary/aromatic N) is 6. The minimum atomic E-state index is -3.61. The molecule has 1 fully saturated rings. The fraction of sp³-hybridized carbons (Fsp3) is 0.286. The Morgan fingerprint density at radius 2 is 1.83 bits per heavy atom. The van der Waals surface area contributed by atoms with Crippen molar-refractivity contribution in [2.24, 2.45) is 5.73 Å². The van der Waals surface area contributed by atoms with Crippen molar-refractivity contribution in [3.8, 4) is 5.75 Å². The largest absolute Gasteiger partial charge is 0.494 e. The Labute approximate surface area is 239 Å². The zero-order valence-electron chi connectivity index (χ0n) is 23.2. The van der Waals surface area contributed by atoms with Crippen LogP contribution in [0.2, 0.25) is 0 Å². The number of hydrogen-bond acceptors (Lipinski definition) is 11. The first-order valence-electron chi connectivity index (χ1n) is 13.1. The van der Waals surface area contributed by atoms with Crippen LogP contribution in [0.1, 0.15) is 18.4 Å². The average molecular weight is 576 g/mol. The highest BCUT2D eigenvalue weighted by atomic mass is 32.2. The van der Waals surface area contributed by atoms with Gasteiger partial charge in [-0.25, -0.2) is 13.4 Å². The third-order valence-corrected chi connectivity index (χ3v) is 8.23. The summed E-state index contributed by atoms with van der Waals surface area (Å²) in [6, 6.07) is 9.70. The topological polar surface area (TPSA) is 151 Å². The van der Waals surface area contributed by atoms with Gasteiger partial charge in [-0.05, 0) is 37.1 Å². The number of methoxy groups -OCH3 is 1. The lowest BCUT2D eigenvalue weighted by molar-refractivity contribution is 0.416. The molecule has 2 aromatic carbocycles. The fourth-order valence-electron chi connectivity index (χ4n) is 4.69. The molecule has 0 saturated carbocycles. The monoisotopic (exact) mass is 575 g/mol. The first-order chi connectivity index (χ1) is 19.7. The van der Waals surface area contributed by atoms with E-state index >= 15 is 0 Å². The summed E-state index contributed by atoms with van der Waals surface area (Å²) in [5.41, 5.74) is 10.2. The molecule has 2 aromatic heterocycles. The van der Waals surface area contributed by atoms with Crippen molar-refractivity contribution in [3.63, 3.8) is 0 Å². The summed E-state index contributed by atoms with van der Waals surface area (Å²) in [7, 11) is -0.522. The van der Waals surface area contributed by atoms with Gasteiger partial charge in [-0.15, -0.1) is 0 Å². The number of rotatable bonds is 9. The maximum absolute atomic E-state index is 12.5. The second kappa shape index (κ2) is 11.6. The third-order valence-electron chi connectivity index (χ3n) is 7.05. The molecule has 1 aliphatic heterocycles. The van der Waals surface area contributed by atoms with Crippen molar-refractivity contribution in [2.45, 2.75) is 18.9 Å². The van der Waals surface area contributed by atoms with Crippen molar-refractivity contribution in [1.82, 2.24) is 19.9 Å². The standard InChI is InChI=1S/C28H33N9O3S/c1-5-18-17-32-28(34-21-7-6-20(16-24(21)40-3)37-14-10-19(29)11-15-37)35-27(18)33-23-9-8-22-25(31-13-12-30-22)26(23)36(2)41(4,38)39/h5-9,12-13,16-17,19H,1,10-11,14-15,29H2,2-4H3,(H2,32,33,34,35). The molecule has 0 radical (unpaired) electrons. The molecule has 0 aliphatic carbocycles. The zero-order chi connectivity index (χ0) is 29.1. The summed E-state index contributed by atoms with van der Waals surface area (Å²) < 4.78 is 31.9. The number of benzene rings is 2. The van der Waals surface area contributed by atoms with E-state index in [1.165, 1.54) is 17.5 Å². The van der Waals surface area contributed by atoms with Gasteiger partial charge in [0.1, 0.15) is 22.8 Å². The maximum atomic E-state index is 12.5. The Bertz CT molecular complexity index is 1690. The third kappa shape index (κ3) is 6.00. The Hall–Kier alpha value is -4.49. The van der Waals surface area contributed by atoms with Gasteiger partial charge in [0.25, 0.3) is 0 Å². The lowest BCUT2D eigenvalue weighted by atomic mass is 10.1. The van der Waals surface area contributed by atoms with Crippen molar-refractivity contribution in [2.75, 3.05) is 53.3 Å². The summed E-state index contributed by atoms with van der Waals surface area (Å²) in [6.45, 7) is 5.67. The van der Waals surface area contributed by atoms with Gasteiger partial charge >= 0.3 is 0 Å². The van der Waals surface area contributed by atoms with Gasteiger partial charge in [0.2, 0.25) is 16.0 Å². The quantitative estimate of drug-likeness (QED) is 0.267. The van der Waals surface area contributed by atoms with Gasteiger partial charge in [0.05, 0.1) is 30.3 Å². The van der Waals surface area contributed by atoms with E-state index in [9.17, 15) is 8.42 Å². The molecule has 12 nitrogen and oxygen atoms in total. The number of ether oxygens (including phenoxy) is 1. The molecular formula is C28H33N9O3S. The molecule has 1 aliphatic rings. The highest BCUT2D eigenvalue weighted by Gasteiger charge is 2.22. The van der Waals surface area contributed by atoms with Gasteiger partial charge in [-0.2, -0.15) is 4.98 Å². The van der Waals surface area contributed by atoms with Gasteiger partial charge in [-0.1, -0.05) is 12.7 Å². The smallest absolute Gasteiger partial charge is 0.232 e. The van der Waals surface area contributed by atoms with Crippen LogP contribution in [0.15, 0.2) is 55.5 Å². The summed E-state index contributed by atoms with van der Waals surface area (Å²) in [6.07, 6.45) is 9.36. The number of nitrogens with one attached hydrogen (secondary N) is 2. The van der Waals surface area contributed by atoms with E-state index in [0.29, 0.717) is 51.2 Å². The number of nitrogens with two attached hydrogens (primary N) is 1. The summed E-state index contributed by atoms with van der Waals surface area (Å²) in [5.74, 6) is 1.38. The van der Waals surface area contributed by atoms with E-state index in [-0.39, 0.29) is 6.04 Å². The van der Waals surface area contributed by atoms with Gasteiger partial charge in [-0.3, -0.25) is 14.3 Å². The number of hydrogen-bond donors (Lipinski definition) is 3. The Kier molecular flexibility index (Phi) is 7.90. The lowest BCUT2D eigenvalue weighted by Crippen LogP contribution is -2.39. The molecule has 0 bridgehead atoms. The Morgan fingerprint density at radius 3 is 2.54 bits per heavy atom. The molecule has 5 rings (SSSR count). The van der Waals surface area contributed by atoms with Crippen LogP contribution >= 0.6 is 0 Å². The van der Waals surface area contributed by atoms with Crippen LogP contribution in [0.3, 0.4) is 0 Å². The molecule has 41 heavy (non-hydrogen) atoms. The zero-order valence-corrected chi connectivity index (χ0v) is 24.0. The highest BCUT2D eigenvalue weighted by Crippen LogP contribution is 2.37. The number of sulfonamides is 1. The van der Waals surface area contributed by atoms with E-state index in [2.05, 4.69) is 42.0 Å². The molecule has 0 atom stereocenters. The van der Waals surface area contributed by atoms with E-state index in [4.69, 9.17) is 10.5 Å². The number of anilines is 6. The maximum Gasteiger partial charge on any atom is 0.232 e. The molecular weight excluding hydrogens is 542 g/mol. The molecule has 0 spiro atoms. The molecule has 4 N–H and O–H groups in total. The van der Waals surface area contributed by atoms with Gasteiger partial charge < -0.3 is 26.0 Å². The van der Waals surface area contributed by atoms with Crippen LogP contribution in [-0.2, 0) is 10.0 Å². The van der Waals surface area contributed by atoms with E-state index in [1.807, 2.05) is 18.2 Å². The summed E-state index contributed by atoms with van der Waals surface area (Å²) in [5, 5.41) is 6.50. The Balaban J connectivity index is 1.48. The van der Waals surface area contributed by atoms with Crippen molar-refractivity contribution in [1.29, 1.82) is 0 Å². The first kappa shape index (κ1) is 28.1. The van der Waals surface area contributed by atoms with Crippen molar-refractivity contribution < 1.29 is 13.2 Å². The second-order valence-electron chi connectivity index (χ2n) is 9.78. The normalized spacial score (nSPS) is 14.1. The molecule has 3 heterocycles. The molecule has 0 unspecified atom stereocenters. The van der Waals surface area contributed by atoms with E-state index in [1.54, 1.807) is 37.7 Å². The van der Waals surface area contributed by atoms with E-state index in [0.717, 1.165) is 37.9 Å². The summed E-state index contributed by atoms with van der Waals surface area (Å²) >= 11 is 0. The number of piperidine rings is 1. The van der Waals surface area contributed by atoms with Crippen molar-refractivity contribution in [3.05, 3.63) is 61.1 Å². The molecule has 4 aromatic rings. The predicted molar refractivity (Wildman–Crippen MR) is 164 cm³/mol. The molecule has 214 valence electrons. The van der Waals surface area contributed by atoms with Crippen LogP contribution in [-0.4, -0.2) is 67.9 Å². The van der Waals surface area contributed by atoms with Crippen LogP contribution < -0.4 is 30.3 Å². The minimum absolute atomic E-state index is 0.248. The predicted octanol–water partition coefficient (Wildman–Crippen LogP) is 3.88. The molecule has 0 amide bonds. The minimum Gasteiger partial charge on any atom is -0.494 e. The Morgan fingerprint density at radius 1 is 1.10 bits per heavy atom. The van der Waals surface area contributed by atoms with Crippen LogP contribution in [0.25, 0.3) is 17.1 Å². The SMILES string of the molecule is C=Cc1cnc(Nc2ccc(N3CCC(N)CC3)cc2OC)nc1Nc1ccc2nccnc2c1N(C)S(C)(=O)=O. The number of fused-ring (bicyclic) bond motifs is 1. The highest BCUT2D eigenvalue weighted by molar-refractivity contribution is 7.92. The molecule has 1 saturated heterocycles. The fourth-order valence-corrected chi connectivity index (χ4v) is 5.21. The van der Waals surface area contributed by atoms with Gasteiger partial charge in [0.15, 0.2) is 0 Å². The molecule has 13 heteroatoms. The van der Waals surface area contributed by atoms with E-state index < -0.39 is 10.0 Å². The number of aromatic nitrogens is 4. The average Bonchev–Trinajstić information content (AvgIpc) is 2.97. The van der Waals surface area contributed by atoms with Crippen molar-refractivity contribution >= 4 is 61.6 Å². The van der Waals surface area contributed by atoms with Crippen LogP contribution in [0.5, 0.6) is 5.75 Å².